The van der Waals surface area contributed by atoms with E-state index in [2.05, 4.69) is 15.7 Å². The molecule has 0 saturated heterocycles. The second-order valence-electron chi connectivity index (χ2n) is 6.28. The molecule has 1 aromatic carbocycles. The number of rotatable bonds is 7. The maximum Gasteiger partial charge on any atom is 0.328 e. The Morgan fingerprint density at radius 1 is 1.19 bits per heavy atom. The molecule has 0 bridgehead atoms. The summed E-state index contributed by atoms with van der Waals surface area (Å²) in [7, 11) is 1.27. The molecular formula is C19H24N4O4. The summed E-state index contributed by atoms with van der Waals surface area (Å²) in [5, 5.41) is 9.68. The molecule has 0 fully saturated rings. The van der Waals surface area contributed by atoms with Gasteiger partial charge in [-0.25, -0.2) is 9.48 Å². The molecule has 2 N–H and O–H groups in total. The van der Waals surface area contributed by atoms with Crippen LogP contribution in [0.5, 0.6) is 0 Å². The minimum atomic E-state index is -0.793. The van der Waals surface area contributed by atoms with Crippen molar-refractivity contribution < 1.29 is 19.1 Å². The fraction of sp³-hybridized carbons (Fsp3) is 0.368. The number of carbonyl (C=O) groups excluding carboxylic acids is 3. The zero-order chi connectivity index (χ0) is 20.0. The summed E-state index contributed by atoms with van der Waals surface area (Å²) < 4.78 is 6.22. The molecule has 1 aromatic heterocycles. The zero-order valence-corrected chi connectivity index (χ0v) is 15.9. The quantitative estimate of drug-likeness (QED) is 0.725. The summed E-state index contributed by atoms with van der Waals surface area (Å²) in [5.74, 6) is -1.04. The van der Waals surface area contributed by atoms with E-state index in [1.807, 2.05) is 30.3 Å². The van der Waals surface area contributed by atoms with Crippen LogP contribution in [0.25, 0.3) is 5.69 Å². The minimum Gasteiger partial charge on any atom is -0.467 e. The predicted octanol–water partition coefficient (Wildman–Crippen LogP) is 2.15. The molecule has 0 radical (unpaired) electrons. The van der Waals surface area contributed by atoms with Crippen molar-refractivity contribution in [3.8, 4) is 5.69 Å². The molecule has 1 heterocycles. The van der Waals surface area contributed by atoms with Gasteiger partial charge in [0.2, 0.25) is 5.91 Å². The summed E-state index contributed by atoms with van der Waals surface area (Å²) in [6, 6.07) is 9.81. The molecular weight excluding hydrogens is 348 g/mol. The first-order valence-electron chi connectivity index (χ1n) is 8.71. The number of nitrogens with one attached hydrogen (secondary N) is 2. The number of hydrogen-bond donors (Lipinski definition) is 2. The number of carbonyl (C=O) groups is 3. The molecule has 27 heavy (non-hydrogen) atoms. The monoisotopic (exact) mass is 372 g/mol. The highest BCUT2D eigenvalue weighted by molar-refractivity contribution is 5.97. The molecule has 0 aliphatic rings. The summed E-state index contributed by atoms with van der Waals surface area (Å²) in [5.41, 5.74) is 0.774. The number of ether oxygens (including phenoxy) is 1. The Morgan fingerprint density at radius 2 is 1.85 bits per heavy atom. The fourth-order valence-corrected chi connectivity index (χ4v) is 2.42. The second-order valence-corrected chi connectivity index (χ2v) is 6.28. The number of amides is 2. The number of para-hydroxylation sites is 1. The van der Waals surface area contributed by atoms with E-state index in [1.54, 1.807) is 20.8 Å². The lowest BCUT2D eigenvalue weighted by Gasteiger charge is -2.19. The second kappa shape index (κ2) is 8.98. The molecule has 144 valence electrons. The maximum atomic E-state index is 12.6. The van der Waals surface area contributed by atoms with E-state index in [9.17, 15) is 14.4 Å². The Morgan fingerprint density at radius 3 is 2.41 bits per heavy atom. The van der Waals surface area contributed by atoms with Crippen LogP contribution < -0.4 is 10.6 Å². The summed E-state index contributed by atoms with van der Waals surface area (Å²) in [6.45, 7) is 5.34. The smallest absolute Gasteiger partial charge is 0.328 e. The first-order valence-corrected chi connectivity index (χ1v) is 8.71. The molecule has 0 spiro atoms. The third kappa shape index (κ3) is 4.93. The van der Waals surface area contributed by atoms with Gasteiger partial charge in [0.05, 0.1) is 12.8 Å². The first kappa shape index (κ1) is 20.2. The van der Waals surface area contributed by atoms with Gasteiger partial charge in [0, 0.05) is 12.5 Å². The molecule has 1 atom stereocenters. The van der Waals surface area contributed by atoms with Crippen LogP contribution in [-0.4, -0.2) is 40.7 Å². The summed E-state index contributed by atoms with van der Waals surface area (Å²) in [6.07, 6.45) is 0.291. The van der Waals surface area contributed by atoms with E-state index in [1.165, 1.54) is 17.9 Å². The number of anilines is 1. The van der Waals surface area contributed by atoms with Gasteiger partial charge in [-0.05, 0) is 18.1 Å². The minimum absolute atomic E-state index is 0.0832. The Kier molecular flexibility index (Phi) is 6.70. The molecule has 1 unspecified atom stereocenters. The lowest BCUT2D eigenvalue weighted by atomic mass is 10.0. The van der Waals surface area contributed by atoms with Crippen molar-refractivity contribution in [3.05, 3.63) is 42.1 Å². The van der Waals surface area contributed by atoms with Crippen molar-refractivity contribution in [3.63, 3.8) is 0 Å². The van der Waals surface area contributed by atoms with Gasteiger partial charge in [0.15, 0.2) is 5.69 Å². The highest BCUT2D eigenvalue weighted by Crippen LogP contribution is 2.18. The normalized spacial score (nSPS) is 11.7. The highest BCUT2D eigenvalue weighted by Gasteiger charge is 2.27. The Bertz CT molecular complexity index is 814. The molecule has 0 saturated carbocycles. The van der Waals surface area contributed by atoms with Crippen LogP contribution in [-0.2, 0) is 14.3 Å². The third-order valence-electron chi connectivity index (χ3n) is 3.94. The van der Waals surface area contributed by atoms with Crippen molar-refractivity contribution in [1.82, 2.24) is 15.1 Å². The first-order chi connectivity index (χ1) is 12.9. The number of benzene rings is 1. The Hall–Kier alpha value is -3.16. The highest BCUT2D eigenvalue weighted by atomic mass is 16.5. The molecule has 2 amide bonds. The van der Waals surface area contributed by atoms with Gasteiger partial charge in [-0.15, -0.1) is 0 Å². The van der Waals surface area contributed by atoms with Crippen LogP contribution in [0.3, 0.4) is 0 Å². The molecule has 2 rings (SSSR count). The van der Waals surface area contributed by atoms with Crippen LogP contribution in [0.2, 0.25) is 0 Å². The number of hydrogen-bond acceptors (Lipinski definition) is 5. The van der Waals surface area contributed by atoms with Crippen LogP contribution in [0.15, 0.2) is 36.4 Å². The summed E-state index contributed by atoms with van der Waals surface area (Å²) >= 11 is 0. The summed E-state index contributed by atoms with van der Waals surface area (Å²) in [4.78, 5) is 36.3. The SMILES string of the molecule is CCC(=O)Nc1cc(C(=O)NC(C(=O)OC)C(C)C)nn1-c1ccccc1. The number of esters is 1. The van der Waals surface area contributed by atoms with Gasteiger partial charge >= 0.3 is 5.97 Å². The Balaban J connectivity index is 2.35. The van der Waals surface area contributed by atoms with E-state index in [4.69, 9.17) is 4.74 Å². The standard InChI is InChI=1S/C19H24N4O4/c1-5-16(24)20-15-11-14(22-23(15)13-9-7-6-8-10-13)18(25)21-17(12(2)3)19(26)27-4/h6-12,17H,5H2,1-4H3,(H,20,24)(H,21,25). The van der Waals surface area contributed by atoms with Crippen molar-refractivity contribution in [2.24, 2.45) is 5.92 Å². The fourth-order valence-electron chi connectivity index (χ4n) is 2.42. The number of nitrogens with zero attached hydrogens (tertiary/aromatic N) is 2. The van der Waals surface area contributed by atoms with E-state index in [-0.39, 0.29) is 17.5 Å². The van der Waals surface area contributed by atoms with E-state index in [0.29, 0.717) is 17.9 Å². The largest absolute Gasteiger partial charge is 0.467 e. The van der Waals surface area contributed by atoms with Crippen LogP contribution in [0.1, 0.15) is 37.7 Å². The zero-order valence-electron chi connectivity index (χ0n) is 15.9. The molecule has 0 aliphatic carbocycles. The van der Waals surface area contributed by atoms with E-state index in [0.717, 1.165) is 0 Å². The van der Waals surface area contributed by atoms with Gasteiger partial charge in [-0.2, -0.15) is 5.10 Å². The van der Waals surface area contributed by atoms with Gasteiger partial charge in [0.1, 0.15) is 11.9 Å². The van der Waals surface area contributed by atoms with Crippen molar-refractivity contribution >= 4 is 23.6 Å². The Labute approximate surface area is 157 Å². The van der Waals surface area contributed by atoms with Crippen LogP contribution >= 0.6 is 0 Å². The average Bonchev–Trinajstić information content (AvgIpc) is 3.09. The topological polar surface area (TPSA) is 102 Å². The van der Waals surface area contributed by atoms with Crippen molar-refractivity contribution in [2.75, 3.05) is 12.4 Å². The van der Waals surface area contributed by atoms with Gasteiger partial charge in [-0.3, -0.25) is 9.59 Å². The average molecular weight is 372 g/mol. The molecule has 8 nitrogen and oxygen atoms in total. The van der Waals surface area contributed by atoms with E-state index >= 15 is 0 Å². The van der Waals surface area contributed by atoms with Gasteiger partial charge in [-0.1, -0.05) is 39.0 Å². The third-order valence-corrected chi connectivity index (χ3v) is 3.94. The number of methoxy groups -OCH3 is 1. The number of aromatic nitrogens is 2. The maximum absolute atomic E-state index is 12.6. The van der Waals surface area contributed by atoms with Crippen LogP contribution in [0, 0.1) is 5.92 Å². The lowest BCUT2D eigenvalue weighted by molar-refractivity contribution is -0.144. The predicted molar refractivity (Wildman–Crippen MR) is 101 cm³/mol. The van der Waals surface area contributed by atoms with E-state index < -0.39 is 17.9 Å². The van der Waals surface area contributed by atoms with Crippen molar-refractivity contribution in [2.45, 2.75) is 33.2 Å². The molecule has 2 aromatic rings. The van der Waals surface area contributed by atoms with Crippen LogP contribution in [0.4, 0.5) is 5.82 Å². The van der Waals surface area contributed by atoms with Crippen molar-refractivity contribution in [1.29, 1.82) is 0 Å². The lowest BCUT2D eigenvalue weighted by Crippen LogP contribution is -2.45. The van der Waals surface area contributed by atoms with Gasteiger partial charge in [0.25, 0.3) is 5.91 Å². The molecule has 0 aliphatic heterocycles. The van der Waals surface area contributed by atoms with Gasteiger partial charge < -0.3 is 15.4 Å². The molecule has 8 heteroatoms.